The number of nitrogens with zero attached hydrogens (tertiary/aromatic N) is 4. The van der Waals surface area contributed by atoms with Crippen molar-refractivity contribution in [3.05, 3.63) is 71.4 Å². The van der Waals surface area contributed by atoms with Gasteiger partial charge in [-0.25, -0.2) is 9.37 Å². The monoisotopic (exact) mass is 411 g/mol. The van der Waals surface area contributed by atoms with Crippen molar-refractivity contribution < 1.29 is 13.7 Å². The summed E-state index contributed by atoms with van der Waals surface area (Å²) < 4.78 is 19.9. The minimum Gasteiger partial charge on any atom is -0.334 e. The molecule has 2 aromatic heterocycles. The normalized spacial score (nSPS) is 10.9. The number of hydrogen-bond donors (Lipinski definition) is 1. The highest BCUT2D eigenvalue weighted by atomic mass is 35.5. The summed E-state index contributed by atoms with van der Waals surface area (Å²) in [5.41, 5.74) is 2.60. The average molecular weight is 412 g/mol. The number of rotatable bonds is 5. The van der Waals surface area contributed by atoms with Crippen molar-refractivity contribution in [2.75, 3.05) is 5.32 Å². The smallest absolute Gasteiger partial charge is 0.258 e. The number of nitrogens with one attached hydrogen (secondary N) is 1. The Bertz CT molecular complexity index is 1170. The molecule has 0 radical (unpaired) electrons. The largest absolute Gasteiger partial charge is 0.334 e. The molecule has 1 amide bonds. The van der Waals surface area contributed by atoms with E-state index >= 15 is 0 Å². The van der Waals surface area contributed by atoms with Crippen LogP contribution in [0.5, 0.6) is 0 Å². The minimum atomic E-state index is -0.349. The van der Waals surface area contributed by atoms with Crippen molar-refractivity contribution in [1.82, 2.24) is 19.7 Å². The van der Waals surface area contributed by atoms with Crippen LogP contribution in [0.15, 0.2) is 59.5 Å². The zero-order valence-electron chi connectivity index (χ0n) is 15.3. The summed E-state index contributed by atoms with van der Waals surface area (Å²) in [6.07, 6.45) is 3.14. The van der Waals surface area contributed by atoms with E-state index in [1.165, 1.54) is 18.5 Å². The molecule has 0 aliphatic heterocycles. The second kappa shape index (κ2) is 7.84. The Morgan fingerprint density at radius 1 is 1.24 bits per heavy atom. The summed E-state index contributed by atoms with van der Waals surface area (Å²) in [6, 6.07) is 11.0. The fourth-order valence-electron chi connectivity index (χ4n) is 2.64. The average Bonchev–Trinajstić information content (AvgIpc) is 3.35. The number of anilines is 1. The third kappa shape index (κ3) is 4.33. The summed E-state index contributed by atoms with van der Waals surface area (Å²) in [4.78, 5) is 20.7. The second-order valence-corrected chi connectivity index (χ2v) is 6.78. The maximum atomic E-state index is 13.0. The summed E-state index contributed by atoms with van der Waals surface area (Å²) in [5, 5.41) is 7.26. The molecule has 0 fully saturated rings. The summed E-state index contributed by atoms with van der Waals surface area (Å²) in [5.74, 6) is -0.0512. The molecule has 9 heteroatoms. The van der Waals surface area contributed by atoms with Crippen LogP contribution >= 0.6 is 11.6 Å². The first-order valence-corrected chi connectivity index (χ1v) is 9.03. The first-order valence-electron chi connectivity index (χ1n) is 8.66. The van der Waals surface area contributed by atoms with E-state index in [9.17, 15) is 9.18 Å². The lowest BCUT2D eigenvalue weighted by molar-refractivity contribution is -0.116. The van der Waals surface area contributed by atoms with Crippen LogP contribution < -0.4 is 5.32 Å². The molecule has 1 N–H and O–H groups in total. The number of amides is 1. The maximum absolute atomic E-state index is 13.0. The van der Waals surface area contributed by atoms with Crippen molar-refractivity contribution in [2.45, 2.75) is 13.5 Å². The number of carbonyl (C=O) groups is 1. The summed E-state index contributed by atoms with van der Waals surface area (Å²) >= 11 is 6.07. The van der Waals surface area contributed by atoms with Gasteiger partial charge >= 0.3 is 0 Å². The van der Waals surface area contributed by atoms with Crippen LogP contribution in [0.2, 0.25) is 5.02 Å². The number of halogens is 2. The fraction of sp³-hybridized carbons (Fsp3) is 0.100. The SMILES string of the molecule is Cc1ccc(NC(=O)Cn2cnc(-c3noc(-c4ccc(F)cc4)n3)c2)cc1Cl. The predicted octanol–water partition coefficient (Wildman–Crippen LogP) is 4.34. The van der Waals surface area contributed by atoms with E-state index in [0.29, 0.717) is 22.0 Å². The number of imidazole rings is 1. The highest BCUT2D eigenvalue weighted by Gasteiger charge is 2.14. The van der Waals surface area contributed by atoms with Crippen molar-refractivity contribution in [2.24, 2.45) is 0 Å². The van der Waals surface area contributed by atoms with E-state index in [2.05, 4.69) is 20.4 Å². The number of aromatic nitrogens is 4. The van der Waals surface area contributed by atoms with Gasteiger partial charge in [0.15, 0.2) is 0 Å². The van der Waals surface area contributed by atoms with Gasteiger partial charge in [-0.15, -0.1) is 0 Å². The molecule has 0 bridgehead atoms. The van der Waals surface area contributed by atoms with Crippen molar-refractivity contribution in [1.29, 1.82) is 0 Å². The molecule has 0 spiro atoms. The first-order chi connectivity index (χ1) is 14.0. The molecule has 2 aromatic carbocycles. The highest BCUT2D eigenvalue weighted by molar-refractivity contribution is 6.31. The van der Waals surface area contributed by atoms with E-state index in [0.717, 1.165) is 5.56 Å². The van der Waals surface area contributed by atoms with Crippen molar-refractivity contribution >= 4 is 23.2 Å². The van der Waals surface area contributed by atoms with E-state index in [4.69, 9.17) is 16.1 Å². The molecule has 2 heterocycles. The Balaban J connectivity index is 1.43. The number of carbonyl (C=O) groups excluding carboxylic acids is 1. The molecule has 0 saturated carbocycles. The lowest BCUT2D eigenvalue weighted by Crippen LogP contribution is -2.17. The fourth-order valence-corrected chi connectivity index (χ4v) is 2.82. The van der Waals surface area contributed by atoms with Crippen LogP contribution in [-0.2, 0) is 11.3 Å². The quantitative estimate of drug-likeness (QED) is 0.528. The molecule has 29 heavy (non-hydrogen) atoms. The molecule has 146 valence electrons. The molecule has 0 unspecified atom stereocenters. The van der Waals surface area contributed by atoms with Crippen LogP contribution in [0.25, 0.3) is 23.0 Å². The van der Waals surface area contributed by atoms with Gasteiger partial charge < -0.3 is 14.4 Å². The standard InChI is InChI=1S/C20H15ClFN5O2/c1-12-2-7-15(8-16(12)21)24-18(28)10-27-9-17(23-11-27)19-25-20(29-26-19)13-3-5-14(22)6-4-13/h2-9,11H,10H2,1H3,(H,24,28). The van der Waals surface area contributed by atoms with Gasteiger partial charge in [0.05, 0.1) is 6.33 Å². The Morgan fingerprint density at radius 3 is 2.79 bits per heavy atom. The molecule has 0 aliphatic rings. The molecule has 0 aliphatic carbocycles. The molecule has 4 rings (SSSR count). The van der Waals surface area contributed by atoms with Crippen molar-refractivity contribution in [3.63, 3.8) is 0 Å². The number of aryl methyl sites for hydroxylation is 1. The summed E-state index contributed by atoms with van der Waals surface area (Å²) in [7, 11) is 0. The van der Waals surface area contributed by atoms with E-state index in [1.54, 1.807) is 35.0 Å². The van der Waals surface area contributed by atoms with E-state index in [1.807, 2.05) is 13.0 Å². The van der Waals surface area contributed by atoms with Crippen LogP contribution in [0.1, 0.15) is 5.56 Å². The Labute approximate surface area is 170 Å². The molecule has 0 saturated heterocycles. The number of hydrogen-bond acceptors (Lipinski definition) is 5. The predicted molar refractivity (Wildman–Crippen MR) is 106 cm³/mol. The lowest BCUT2D eigenvalue weighted by Gasteiger charge is -2.07. The third-order valence-electron chi connectivity index (χ3n) is 4.16. The maximum Gasteiger partial charge on any atom is 0.258 e. The van der Waals surface area contributed by atoms with Gasteiger partial charge in [0.1, 0.15) is 18.1 Å². The Morgan fingerprint density at radius 2 is 2.03 bits per heavy atom. The van der Waals surface area contributed by atoms with E-state index < -0.39 is 0 Å². The second-order valence-electron chi connectivity index (χ2n) is 6.37. The topological polar surface area (TPSA) is 85.8 Å². The molecule has 0 atom stereocenters. The zero-order valence-corrected chi connectivity index (χ0v) is 16.0. The van der Waals surface area contributed by atoms with E-state index in [-0.39, 0.29) is 30.0 Å². The first kappa shape index (κ1) is 18.8. The van der Waals surface area contributed by atoms with Crippen LogP contribution in [-0.4, -0.2) is 25.6 Å². The zero-order chi connectivity index (χ0) is 20.4. The van der Waals surface area contributed by atoms with Gasteiger partial charge in [-0.1, -0.05) is 22.8 Å². The van der Waals surface area contributed by atoms with Gasteiger partial charge in [-0.05, 0) is 48.9 Å². The van der Waals surface area contributed by atoms with Crippen molar-refractivity contribution in [3.8, 4) is 23.0 Å². The highest BCUT2D eigenvalue weighted by Crippen LogP contribution is 2.22. The summed E-state index contributed by atoms with van der Waals surface area (Å²) in [6.45, 7) is 1.95. The molecular formula is C20H15ClFN5O2. The van der Waals surface area contributed by atoms with Gasteiger partial charge in [0.2, 0.25) is 11.7 Å². The molecular weight excluding hydrogens is 397 g/mol. The lowest BCUT2D eigenvalue weighted by atomic mass is 10.2. The molecule has 4 aromatic rings. The minimum absolute atomic E-state index is 0.0567. The molecule has 7 nitrogen and oxygen atoms in total. The van der Waals surface area contributed by atoms with Crippen LogP contribution in [0.3, 0.4) is 0 Å². The van der Waals surface area contributed by atoms with Gasteiger partial charge in [0.25, 0.3) is 5.89 Å². The Kier molecular flexibility index (Phi) is 5.09. The van der Waals surface area contributed by atoms with Gasteiger partial charge in [-0.3, -0.25) is 4.79 Å². The van der Waals surface area contributed by atoms with Crippen LogP contribution in [0, 0.1) is 12.7 Å². The Hall–Kier alpha value is -3.52. The number of benzene rings is 2. The van der Waals surface area contributed by atoms with Gasteiger partial charge in [-0.2, -0.15) is 4.98 Å². The van der Waals surface area contributed by atoms with Crippen LogP contribution in [0.4, 0.5) is 10.1 Å². The van der Waals surface area contributed by atoms with Gasteiger partial charge in [0, 0.05) is 22.5 Å². The third-order valence-corrected chi connectivity index (χ3v) is 4.57.